The molecule has 0 saturated carbocycles. The number of carbonyl (C=O) groups excluding carboxylic acids is 2. The van der Waals surface area contributed by atoms with Crippen LogP contribution in [-0.2, 0) is 4.74 Å². The molecule has 0 aliphatic carbocycles. The van der Waals surface area contributed by atoms with Crippen molar-refractivity contribution in [1.82, 2.24) is 9.55 Å². The van der Waals surface area contributed by atoms with E-state index in [0.717, 1.165) is 0 Å². The standard InChI is InChI=1S/C15H18N2O4/c1-9-12-10(11(8-18)13(16-9)20-5)6-7-17(12)14(19)21-15(2,3)4/h6-8H,1-5H3. The van der Waals surface area contributed by atoms with Gasteiger partial charge in [-0.15, -0.1) is 0 Å². The fourth-order valence-corrected chi connectivity index (χ4v) is 2.13. The summed E-state index contributed by atoms with van der Waals surface area (Å²) in [6, 6.07) is 1.68. The van der Waals surface area contributed by atoms with Gasteiger partial charge in [0.25, 0.3) is 0 Å². The Labute approximate surface area is 122 Å². The molecule has 0 aliphatic rings. The van der Waals surface area contributed by atoms with Gasteiger partial charge in [0.1, 0.15) is 5.60 Å². The number of aldehydes is 1. The average molecular weight is 290 g/mol. The van der Waals surface area contributed by atoms with Gasteiger partial charge >= 0.3 is 6.09 Å². The van der Waals surface area contributed by atoms with E-state index in [0.29, 0.717) is 28.4 Å². The summed E-state index contributed by atoms with van der Waals surface area (Å²) in [5, 5.41) is 0.611. The molecule has 0 fully saturated rings. The number of hydrogen-bond donors (Lipinski definition) is 0. The average Bonchev–Trinajstić information content (AvgIpc) is 2.81. The molecule has 6 nitrogen and oxygen atoms in total. The first kappa shape index (κ1) is 15.0. The highest BCUT2D eigenvalue weighted by atomic mass is 16.6. The summed E-state index contributed by atoms with van der Waals surface area (Å²) < 4.78 is 11.8. The van der Waals surface area contributed by atoms with Crippen molar-refractivity contribution in [1.29, 1.82) is 0 Å². The lowest BCUT2D eigenvalue weighted by Gasteiger charge is -2.20. The second-order valence-corrected chi connectivity index (χ2v) is 5.67. The Morgan fingerprint density at radius 3 is 2.57 bits per heavy atom. The van der Waals surface area contributed by atoms with E-state index < -0.39 is 11.7 Å². The van der Waals surface area contributed by atoms with Crippen molar-refractivity contribution in [2.75, 3.05) is 7.11 Å². The second kappa shape index (κ2) is 5.20. The maximum Gasteiger partial charge on any atom is 0.419 e. The minimum absolute atomic E-state index is 0.247. The molecule has 2 aromatic heterocycles. The van der Waals surface area contributed by atoms with Crippen molar-refractivity contribution in [3.05, 3.63) is 23.5 Å². The first-order chi connectivity index (χ1) is 9.78. The third-order valence-electron chi connectivity index (χ3n) is 2.92. The molecule has 21 heavy (non-hydrogen) atoms. The molecule has 112 valence electrons. The normalized spacial score (nSPS) is 11.5. The Morgan fingerprint density at radius 2 is 2.05 bits per heavy atom. The Balaban J connectivity index is 2.64. The first-order valence-electron chi connectivity index (χ1n) is 6.52. The van der Waals surface area contributed by atoms with Gasteiger partial charge in [0.05, 0.1) is 23.9 Å². The van der Waals surface area contributed by atoms with Gasteiger partial charge < -0.3 is 9.47 Å². The number of fused-ring (bicyclic) bond motifs is 1. The van der Waals surface area contributed by atoms with E-state index in [1.807, 2.05) is 0 Å². The van der Waals surface area contributed by atoms with Crippen LogP contribution in [0.3, 0.4) is 0 Å². The SMILES string of the molecule is COc1nc(C)c2c(ccn2C(=O)OC(C)(C)C)c1C=O. The summed E-state index contributed by atoms with van der Waals surface area (Å²) in [7, 11) is 1.45. The van der Waals surface area contributed by atoms with Crippen LogP contribution < -0.4 is 4.74 Å². The van der Waals surface area contributed by atoms with Crippen LogP contribution in [0.1, 0.15) is 36.8 Å². The van der Waals surface area contributed by atoms with Crippen molar-refractivity contribution in [3.63, 3.8) is 0 Å². The summed E-state index contributed by atoms with van der Waals surface area (Å²) >= 11 is 0. The minimum Gasteiger partial charge on any atom is -0.480 e. The van der Waals surface area contributed by atoms with Crippen LogP contribution in [0.15, 0.2) is 12.3 Å². The van der Waals surface area contributed by atoms with E-state index >= 15 is 0 Å². The fourth-order valence-electron chi connectivity index (χ4n) is 2.13. The second-order valence-electron chi connectivity index (χ2n) is 5.67. The lowest BCUT2D eigenvalue weighted by molar-refractivity contribution is 0.0544. The molecule has 0 spiro atoms. The van der Waals surface area contributed by atoms with E-state index in [-0.39, 0.29) is 5.88 Å². The van der Waals surface area contributed by atoms with Crippen LogP contribution in [0.4, 0.5) is 4.79 Å². The van der Waals surface area contributed by atoms with Crippen molar-refractivity contribution in [2.24, 2.45) is 0 Å². The van der Waals surface area contributed by atoms with Gasteiger partial charge in [-0.2, -0.15) is 0 Å². The summed E-state index contributed by atoms with van der Waals surface area (Å²) in [6.07, 6.45) is 1.73. The number of aryl methyl sites for hydroxylation is 1. The van der Waals surface area contributed by atoms with Gasteiger partial charge in [0, 0.05) is 11.6 Å². The lowest BCUT2D eigenvalue weighted by Crippen LogP contribution is -2.26. The molecule has 0 atom stereocenters. The first-order valence-corrected chi connectivity index (χ1v) is 6.52. The predicted molar refractivity (Wildman–Crippen MR) is 78.0 cm³/mol. The van der Waals surface area contributed by atoms with Crippen LogP contribution in [0, 0.1) is 6.92 Å². The van der Waals surface area contributed by atoms with E-state index in [4.69, 9.17) is 9.47 Å². The van der Waals surface area contributed by atoms with E-state index in [2.05, 4.69) is 4.98 Å². The van der Waals surface area contributed by atoms with Crippen molar-refractivity contribution in [2.45, 2.75) is 33.3 Å². The molecule has 0 aliphatic heterocycles. The van der Waals surface area contributed by atoms with Gasteiger partial charge in [0.2, 0.25) is 5.88 Å². The number of carbonyl (C=O) groups is 2. The van der Waals surface area contributed by atoms with Gasteiger partial charge in [-0.25, -0.2) is 9.78 Å². The maximum atomic E-state index is 12.2. The molecule has 0 amide bonds. The van der Waals surface area contributed by atoms with Crippen LogP contribution in [0.5, 0.6) is 5.88 Å². The minimum atomic E-state index is -0.602. The van der Waals surface area contributed by atoms with Crippen molar-refractivity contribution in [3.8, 4) is 5.88 Å². The fraction of sp³-hybridized carbons (Fsp3) is 0.400. The zero-order chi connectivity index (χ0) is 15.8. The zero-order valence-electron chi connectivity index (χ0n) is 12.8. The molecule has 0 bridgehead atoms. The zero-order valence-corrected chi connectivity index (χ0v) is 12.8. The Bertz CT molecular complexity index is 711. The van der Waals surface area contributed by atoms with Gasteiger partial charge in [-0.1, -0.05) is 0 Å². The van der Waals surface area contributed by atoms with Crippen LogP contribution >= 0.6 is 0 Å². The van der Waals surface area contributed by atoms with Gasteiger partial charge in [-0.05, 0) is 33.8 Å². The number of hydrogen-bond acceptors (Lipinski definition) is 5. The summed E-state index contributed by atoms with van der Waals surface area (Å²) in [4.78, 5) is 27.7. The number of rotatable bonds is 2. The van der Waals surface area contributed by atoms with Gasteiger partial charge in [-0.3, -0.25) is 9.36 Å². The molecule has 0 radical (unpaired) electrons. The maximum absolute atomic E-state index is 12.2. The number of aromatic nitrogens is 2. The highest BCUT2D eigenvalue weighted by molar-refractivity contribution is 6.02. The van der Waals surface area contributed by atoms with Crippen LogP contribution in [0.2, 0.25) is 0 Å². The number of nitrogens with zero attached hydrogens (tertiary/aromatic N) is 2. The molecule has 0 unspecified atom stereocenters. The van der Waals surface area contributed by atoms with Crippen LogP contribution in [0.25, 0.3) is 10.9 Å². The summed E-state index contributed by atoms with van der Waals surface area (Å²) in [5.41, 5.74) is 0.852. The van der Waals surface area contributed by atoms with E-state index in [1.165, 1.54) is 11.7 Å². The highest BCUT2D eigenvalue weighted by Crippen LogP contribution is 2.28. The van der Waals surface area contributed by atoms with Crippen molar-refractivity contribution < 1.29 is 19.1 Å². The lowest BCUT2D eigenvalue weighted by atomic mass is 10.1. The molecule has 0 N–H and O–H groups in total. The molecule has 0 saturated heterocycles. The van der Waals surface area contributed by atoms with Gasteiger partial charge in [0.15, 0.2) is 6.29 Å². The molecular formula is C15H18N2O4. The van der Waals surface area contributed by atoms with E-state index in [9.17, 15) is 9.59 Å². The molecule has 2 heterocycles. The Morgan fingerprint density at radius 1 is 1.38 bits per heavy atom. The third-order valence-corrected chi connectivity index (χ3v) is 2.92. The third kappa shape index (κ3) is 2.74. The Kier molecular flexibility index (Phi) is 3.72. The van der Waals surface area contributed by atoms with E-state index in [1.54, 1.807) is 40.0 Å². The molecule has 0 aromatic carbocycles. The molecular weight excluding hydrogens is 272 g/mol. The summed E-state index contributed by atoms with van der Waals surface area (Å²) in [6.45, 7) is 7.13. The number of pyridine rings is 1. The summed E-state index contributed by atoms with van der Waals surface area (Å²) in [5.74, 6) is 0.247. The number of methoxy groups -OCH3 is 1. The molecule has 6 heteroatoms. The quantitative estimate of drug-likeness (QED) is 0.795. The molecule has 2 aromatic rings. The Hall–Kier alpha value is -2.37. The van der Waals surface area contributed by atoms with Crippen LogP contribution in [-0.4, -0.2) is 34.6 Å². The topological polar surface area (TPSA) is 70.4 Å². The number of ether oxygens (including phenoxy) is 2. The molecule has 2 rings (SSSR count). The monoisotopic (exact) mass is 290 g/mol. The smallest absolute Gasteiger partial charge is 0.419 e. The highest BCUT2D eigenvalue weighted by Gasteiger charge is 2.22. The van der Waals surface area contributed by atoms with Crippen molar-refractivity contribution >= 4 is 23.3 Å². The largest absolute Gasteiger partial charge is 0.480 e. The predicted octanol–water partition coefficient (Wildman–Crippen LogP) is 2.95.